The van der Waals surface area contributed by atoms with Gasteiger partial charge in [0.05, 0.1) is 23.8 Å². The van der Waals surface area contributed by atoms with Crippen molar-refractivity contribution in [2.75, 3.05) is 14.2 Å². The summed E-state index contributed by atoms with van der Waals surface area (Å²) in [4.78, 5) is 21.1. The van der Waals surface area contributed by atoms with Gasteiger partial charge >= 0.3 is 6.16 Å². The average molecular weight is 253 g/mol. The summed E-state index contributed by atoms with van der Waals surface area (Å²) in [5, 5.41) is 14.4. The summed E-state index contributed by atoms with van der Waals surface area (Å²) in [5.41, 5.74) is 2.53. The van der Waals surface area contributed by atoms with Crippen LogP contribution in [0.2, 0.25) is 0 Å². The van der Waals surface area contributed by atoms with E-state index in [2.05, 4.69) is 15.3 Å². The van der Waals surface area contributed by atoms with E-state index in [4.69, 9.17) is 4.74 Å². The molecule has 0 aliphatic rings. The Morgan fingerprint density at radius 1 is 1.56 bits per heavy atom. The van der Waals surface area contributed by atoms with E-state index in [0.717, 1.165) is 7.11 Å². The first-order chi connectivity index (χ1) is 8.58. The maximum Gasteiger partial charge on any atom is 0.513 e. The molecular formula is C10H11N3O5. The smallest absolute Gasteiger partial charge is 0.437 e. The third-order valence-corrected chi connectivity index (χ3v) is 1.90. The summed E-state index contributed by atoms with van der Waals surface area (Å²) in [7, 11) is 2.72. The third kappa shape index (κ3) is 3.44. The van der Waals surface area contributed by atoms with Crippen molar-refractivity contribution < 1.29 is 19.2 Å². The molecule has 0 heterocycles. The number of benzene rings is 1. The Balaban J connectivity index is 3.08. The highest BCUT2D eigenvalue weighted by Gasteiger charge is 2.14. The predicted molar refractivity (Wildman–Crippen MR) is 62.8 cm³/mol. The maximum atomic E-state index is 10.9. The van der Waals surface area contributed by atoms with E-state index < -0.39 is 11.1 Å². The van der Waals surface area contributed by atoms with Crippen LogP contribution in [0.25, 0.3) is 0 Å². The SMILES string of the molecule is CN/N=C/c1cc(OC(=O)OC)ccc1[N+](=O)[O-]. The quantitative estimate of drug-likeness (QED) is 0.285. The highest BCUT2D eigenvalue weighted by atomic mass is 16.7. The number of hydrogen-bond acceptors (Lipinski definition) is 7. The van der Waals surface area contributed by atoms with Gasteiger partial charge in [-0.25, -0.2) is 4.79 Å². The first-order valence-electron chi connectivity index (χ1n) is 4.82. The second kappa shape index (κ2) is 6.18. The fourth-order valence-corrected chi connectivity index (χ4v) is 1.14. The Morgan fingerprint density at radius 3 is 2.83 bits per heavy atom. The second-order valence-electron chi connectivity index (χ2n) is 3.02. The van der Waals surface area contributed by atoms with Crippen molar-refractivity contribution in [2.24, 2.45) is 5.10 Å². The van der Waals surface area contributed by atoms with Crippen molar-refractivity contribution in [2.45, 2.75) is 0 Å². The van der Waals surface area contributed by atoms with Gasteiger partial charge < -0.3 is 14.9 Å². The molecule has 0 bridgehead atoms. The van der Waals surface area contributed by atoms with E-state index in [1.165, 1.54) is 24.4 Å². The van der Waals surface area contributed by atoms with Crippen LogP contribution in [-0.2, 0) is 4.74 Å². The van der Waals surface area contributed by atoms with Crippen LogP contribution < -0.4 is 10.2 Å². The van der Waals surface area contributed by atoms with E-state index in [-0.39, 0.29) is 17.0 Å². The number of hydrazone groups is 1. The number of methoxy groups -OCH3 is 1. The standard InChI is InChI=1S/C10H11N3O5/c1-11-12-6-7-5-8(18-10(14)17-2)3-4-9(7)13(15)16/h3-6,11H,1-2H3/b12-6+. The van der Waals surface area contributed by atoms with Gasteiger partial charge in [-0.05, 0) is 12.1 Å². The molecule has 8 nitrogen and oxygen atoms in total. The van der Waals surface area contributed by atoms with Crippen molar-refractivity contribution in [3.05, 3.63) is 33.9 Å². The molecule has 1 N–H and O–H groups in total. The van der Waals surface area contributed by atoms with E-state index in [1.807, 2.05) is 0 Å². The van der Waals surface area contributed by atoms with Crippen LogP contribution in [0.4, 0.5) is 10.5 Å². The summed E-state index contributed by atoms with van der Waals surface area (Å²) in [6, 6.07) is 3.83. The maximum absolute atomic E-state index is 10.9. The molecule has 18 heavy (non-hydrogen) atoms. The first kappa shape index (κ1) is 13.4. The molecule has 8 heteroatoms. The molecule has 0 radical (unpaired) electrons. The average Bonchev–Trinajstić information content (AvgIpc) is 2.36. The van der Waals surface area contributed by atoms with E-state index in [0.29, 0.717) is 0 Å². The van der Waals surface area contributed by atoms with Gasteiger partial charge in [-0.3, -0.25) is 10.1 Å². The number of nitrogens with zero attached hydrogens (tertiary/aromatic N) is 2. The molecule has 0 aromatic heterocycles. The van der Waals surface area contributed by atoms with Crippen LogP contribution in [0.3, 0.4) is 0 Å². The number of carbonyl (C=O) groups excluding carboxylic acids is 1. The van der Waals surface area contributed by atoms with Crippen molar-refractivity contribution in [3.8, 4) is 5.75 Å². The normalized spacial score (nSPS) is 10.1. The number of nitrogens with one attached hydrogen (secondary N) is 1. The zero-order valence-electron chi connectivity index (χ0n) is 9.75. The molecule has 0 saturated heterocycles. The topological polar surface area (TPSA) is 103 Å². The molecule has 0 saturated carbocycles. The van der Waals surface area contributed by atoms with Crippen molar-refractivity contribution >= 4 is 18.1 Å². The summed E-state index contributed by atoms with van der Waals surface area (Å²) in [6.07, 6.45) is 0.350. The fourth-order valence-electron chi connectivity index (χ4n) is 1.14. The summed E-state index contributed by atoms with van der Waals surface area (Å²) >= 11 is 0. The molecule has 1 aromatic carbocycles. The molecule has 96 valence electrons. The van der Waals surface area contributed by atoms with E-state index in [1.54, 1.807) is 7.05 Å². The van der Waals surface area contributed by atoms with Crippen LogP contribution in [0.1, 0.15) is 5.56 Å². The summed E-state index contributed by atoms with van der Waals surface area (Å²) in [5.74, 6) is 0.130. The zero-order valence-corrected chi connectivity index (χ0v) is 9.75. The predicted octanol–water partition coefficient (Wildman–Crippen LogP) is 1.29. The van der Waals surface area contributed by atoms with Gasteiger partial charge in [0.15, 0.2) is 0 Å². The van der Waals surface area contributed by atoms with Crippen molar-refractivity contribution in [1.82, 2.24) is 5.43 Å². The van der Waals surface area contributed by atoms with Crippen LogP contribution >= 0.6 is 0 Å². The minimum Gasteiger partial charge on any atom is -0.437 e. The van der Waals surface area contributed by atoms with Gasteiger partial charge in [0.2, 0.25) is 0 Å². The number of nitro groups is 1. The fraction of sp³-hybridized carbons (Fsp3) is 0.200. The van der Waals surface area contributed by atoms with Gasteiger partial charge in [0.25, 0.3) is 5.69 Å². The molecule has 0 atom stereocenters. The number of hydrogen-bond donors (Lipinski definition) is 1. The number of rotatable bonds is 4. The van der Waals surface area contributed by atoms with Gasteiger partial charge in [-0.15, -0.1) is 0 Å². The molecular weight excluding hydrogens is 242 g/mol. The molecule has 0 spiro atoms. The van der Waals surface area contributed by atoms with E-state index in [9.17, 15) is 14.9 Å². The van der Waals surface area contributed by atoms with Crippen molar-refractivity contribution in [3.63, 3.8) is 0 Å². The minimum absolute atomic E-state index is 0.130. The van der Waals surface area contributed by atoms with Crippen LogP contribution in [0.15, 0.2) is 23.3 Å². The molecule has 1 aromatic rings. The molecule has 0 aliphatic heterocycles. The summed E-state index contributed by atoms with van der Waals surface area (Å²) in [6.45, 7) is 0. The van der Waals surface area contributed by atoms with Gasteiger partial charge in [-0.2, -0.15) is 5.10 Å². The largest absolute Gasteiger partial charge is 0.513 e. The Bertz CT molecular complexity index is 486. The Morgan fingerprint density at radius 2 is 2.28 bits per heavy atom. The van der Waals surface area contributed by atoms with Gasteiger partial charge in [-0.1, -0.05) is 0 Å². The van der Waals surface area contributed by atoms with Gasteiger partial charge in [0, 0.05) is 13.1 Å². The zero-order chi connectivity index (χ0) is 13.5. The Hall–Kier alpha value is -2.64. The molecule has 0 aliphatic carbocycles. The lowest BCUT2D eigenvalue weighted by molar-refractivity contribution is -0.385. The Labute approximate surface area is 102 Å². The lowest BCUT2D eigenvalue weighted by Gasteiger charge is -2.03. The first-order valence-corrected chi connectivity index (χ1v) is 4.82. The number of ether oxygens (including phenoxy) is 2. The number of carbonyl (C=O) groups is 1. The third-order valence-electron chi connectivity index (χ3n) is 1.90. The van der Waals surface area contributed by atoms with Crippen LogP contribution in [0, 0.1) is 10.1 Å². The van der Waals surface area contributed by atoms with Crippen LogP contribution in [-0.4, -0.2) is 31.5 Å². The number of nitro benzene ring substituents is 1. The van der Waals surface area contributed by atoms with Gasteiger partial charge in [0.1, 0.15) is 5.75 Å². The highest BCUT2D eigenvalue weighted by molar-refractivity contribution is 5.86. The monoisotopic (exact) mass is 253 g/mol. The lowest BCUT2D eigenvalue weighted by Crippen LogP contribution is -2.08. The highest BCUT2D eigenvalue weighted by Crippen LogP contribution is 2.22. The van der Waals surface area contributed by atoms with Crippen molar-refractivity contribution in [1.29, 1.82) is 0 Å². The molecule has 0 unspecified atom stereocenters. The summed E-state index contributed by atoms with van der Waals surface area (Å²) < 4.78 is 9.06. The van der Waals surface area contributed by atoms with Crippen LogP contribution in [0.5, 0.6) is 5.75 Å². The minimum atomic E-state index is -0.902. The Kier molecular flexibility index (Phi) is 4.61. The second-order valence-corrected chi connectivity index (χ2v) is 3.02. The molecule has 0 fully saturated rings. The lowest BCUT2D eigenvalue weighted by atomic mass is 10.2. The molecule has 0 amide bonds. The molecule has 1 rings (SSSR count). The van der Waals surface area contributed by atoms with E-state index >= 15 is 0 Å².